The Balaban J connectivity index is 2.26. The van der Waals surface area contributed by atoms with Crippen molar-refractivity contribution < 1.29 is 4.79 Å². The molecule has 0 aliphatic carbocycles. The van der Waals surface area contributed by atoms with Gasteiger partial charge in [0.05, 0.1) is 11.2 Å². The highest BCUT2D eigenvalue weighted by molar-refractivity contribution is 6.33. The standard InChI is InChI=1S/C14H21ClN4O/c1-8(2)13-17-7-11(15)12(18-13)14(20)19-5-4-10(16)6-9(19)3/h7-10H,4-6,16H2,1-3H3/t9-,10+/m1/s1. The molecular formula is C14H21ClN4O. The lowest BCUT2D eigenvalue weighted by Gasteiger charge is -2.36. The Kier molecular flexibility index (Phi) is 4.60. The molecule has 2 N–H and O–H groups in total. The maximum absolute atomic E-state index is 12.6. The molecule has 0 saturated carbocycles. The van der Waals surface area contributed by atoms with Gasteiger partial charge in [-0.25, -0.2) is 9.97 Å². The molecule has 1 saturated heterocycles. The van der Waals surface area contributed by atoms with Gasteiger partial charge in [-0.2, -0.15) is 0 Å². The number of piperidine rings is 1. The molecule has 1 aliphatic rings. The molecule has 2 atom stereocenters. The quantitative estimate of drug-likeness (QED) is 0.908. The van der Waals surface area contributed by atoms with E-state index in [0.717, 1.165) is 12.8 Å². The highest BCUT2D eigenvalue weighted by atomic mass is 35.5. The van der Waals surface area contributed by atoms with Crippen molar-refractivity contribution in [2.75, 3.05) is 6.54 Å². The highest BCUT2D eigenvalue weighted by Crippen LogP contribution is 2.22. The summed E-state index contributed by atoms with van der Waals surface area (Å²) in [6.45, 7) is 6.63. The van der Waals surface area contributed by atoms with Crippen LogP contribution in [0.3, 0.4) is 0 Å². The number of hydrogen-bond acceptors (Lipinski definition) is 4. The summed E-state index contributed by atoms with van der Waals surface area (Å²) in [4.78, 5) is 22.9. The first-order valence-electron chi connectivity index (χ1n) is 6.99. The van der Waals surface area contributed by atoms with Gasteiger partial charge in [-0.3, -0.25) is 4.79 Å². The Morgan fingerprint density at radius 2 is 2.25 bits per heavy atom. The predicted molar refractivity (Wildman–Crippen MR) is 78.8 cm³/mol. The van der Waals surface area contributed by atoms with E-state index in [-0.39, 0.29) is 23.9 Å². The molecule has 20 heavy (non-hydrogen) atoms. The minimum absolute atomic E-state index is 0.111. The number of nitrogens with two attached hydrogens (primary N) is 1. The van der Waals surface area contributed by atoms with E-state index in [9.17, 15) is 4.79 Å². The van der Waals surface area contributed by atoms with Gasteiger partial charge in [0.1, 0.15) is 5.82 Å². The molecule has 1 aromatic heterocycles. The van der Waals surface area contributed by atoms with E-state index in [4.69, 9.17) is 17.3 Å². The van der Waals surface area contributed by atoms with Gasteiger partial charge >= 0.3 is 0 Å². The number of carbonyl (C=O) groups excluding carboxylic acids is 1. The van der Waals surface area contributed by atoms with E-state index in [1.807, 2.05) is 25.7 Å². The number of halogens is 1. The summed E-state index contributed by atoms with van der Waals surface area (Å²) in [5, 5.41) is 0.307. The first-order valence-corrected chi connectivity index (χ1v) is 7.37. The Hall–Kier alpha value is -1.20. The monoisotopic (exact) mass is 296 g/mol. The second-order valence-corrected chi connectivity index (χ2v) is 6.12. The summed E-state index contributed by atoms with van der Waals surface area (Å²) in [5.74, 6) is 0.670. The Morgan fingerprint density at radius 1 is 1.55 bits per heavy atom. The molecule has 2 heterocycles. The van der Waals surface area contributed by atoms with Gasteiger partial charge in [-0.1, -0.05) is 25.4 Å². The van der Waals surface area contributed by atoms with Gasteiger partial charge < -0.3 is 10.6 Å². The second kappa shape index (κ2) is 6.06. The second-order valence-electron chi connectivity index (χ2n) is 5.71. The van der Waals surface area contributed by atoms with Crippen LogP contribution < -0.4 is 5.73 Å². The number of likely N-dealkylation sites (tertiary alicyclic amines) is 1. The Labute approximate surface area is 124 Å². The van der Waals surface area contributed by atoms with Crippen molar-refractivity contribution in [3.63, 3.8) is 0 Å². The third-order valence-electron chi connectivity index (χ3n) is 3.66. The molecule has 110 valence electrons. The molecule has 1 aromatic rings. The molecule has 0 radical (unpaired) electrons. The Morgan fingerprint density at radius 3 is 2.85 bits per heavy atom. The van der Waals surface area contributed by atoms with E-state index in [1.54, 1.807) is 0 Å². The maximum atomic E-state index is 12.6. The fourth-order valence-electron chi connectivity index (χ4n) is 2.46. The van der Waals surface area contributed by atoms with Crippen LogP contribution in [0.1, 0.15) is 55.8 Å². The van der Waals surface area contributed by atoms with Gasteiger partial charge in [0.2, 0.25) is 0 Å². The molecule has 0 bridgehead atoms. The zero-order valence-corrected chi connectivity index (χ0v) is 12.9. The fourth-order valence-corrected chi connectivity index (χ4v) is 2.63. The highest BCUT2D eigenvalue weighted by Gasteiger charge is 2.30. The third-order valence-corrected chi connectivity index (χ3v) is 3.94. The van der Waals surface area contributed by atoms with E-state index in [0.29, 0.717) is 23.1 Å². The topological polar surface area (TPSA) is 72.1 Å². The number of hydrogen-bond donors (Lipinski definition) is 1. The van der Waals surface area contributed by atoms with Gasteiger partial charge in [0, 0.05) is 24.5 Å². The largest absolute Gasteiger partial charge is 0.334 e. The van der Waals surface area contributed by atoms with Crippen molar-refractivity contribution in [3.05, 3.63) is 22.7 Å². The van der Waals surface area contributed by atoms with Gasteiger partial charge in [0.15, 0.2) is 5.69 Å². The van der Waals surface area contributed by atoms with Crippen molar-refractivity contribution >= 4 is 17.5 Å². The van der Waals surface area contributed by atoms with E-state index in [2.05, 4.69) is 9.97 Å². The van der Waals surface area contributed by atoms with Gasteiger partial charge in [0.25, 0.3) is 5.91 Å². The maximum Gasteiger partial charge on any atom is 0.274 e. The number of aromatic nitrogens is 2. The average Bonchev–Trinajstić information content (AvgIpc) is 2.38. The summed E-state index contributed by atoms with van der Waals surface area (Å²) < 4.78 is 0. The van der Waals surface area contributed by atoms with E-state index >= 15 is 0 Å². The third kappa shape index (κ3) is 3.10. The zero-order chi connectivity index (χ0) is 14.9. The minimum atomic E-state index is -0.126. The van der Waals surface area contributed by atoms with Crippen molar-refractivity contribution in [1.29, 1.82) is 0 Å². The van der Waals surface area contributed by atoms with Crippen LogP contribution in [-0.4, -0.2) is 39.4 Å². The summed E-state index contributed by atoms with van der Waals surface area (Å²) in [6, 6.07) is 0.279. The number of amides is 1. The molecular weight excluding hydrogens is 276 g/mol. The summed E-state index contributed by atoms with van der Waals surface area (Å²) in [5.41, 5.74) is 6.23. The van der Waals surface area contributed by atoms with Crippen LogP contribution in [0.4, 0.5) is 0 Å². The van der Waals surface area contributed by atoms with Crippen LogP contribution in [0.2, 0.25) is 5.02 Å². The van der Waals surface area contributed by atoms with E-state index < -0.39 is 0 Å². The minimum Gasteiger partial charge on any atom is -0.334 e. The molecule has 1 fully saturated rings. The fraction of sp³-hybridized carbons (Fsp3) is 0.643. The van der Waals surface area contributed by atoms with Crippen molar-refractivity contribution in [2.24, 2.45) is 5.73 Å². The smallest absolute Gasteiger partial charge is 0.274 e. The molecule has 0 unspecified atom stereocenters. The zero-order valence-electron chi connectivity index (χ0n) is 12.1. The average molecular weight is 297 g/mol. The van der Waals surface area contributed by atoms with Gasteiger partial charge in [-0.15, -0.1) is 0 Å². The van der Waals surface area contributed by atoms with Crippen molar-refractivity contribution in [3.8, 4) is 0 Å². The predicted octanol–water partition coefficient (Wildman–Crippen LogP) is 2.21. The Bertz CT molecular complexity index is 506. The summed E-state index contributed by atoms with van der Waals surface area (Å²) >= 11 is 6.09. The SMILES string of the molecule is CC(C)c1ncc(Cl)c(C(=O)N2CC[C@H](N)C[C@H]2C)n1. The molecule has 1 amide bonds. The molecule has 0 aromatic carbocycles. The summed E-state index contributed by atoms with van der Waals surface area (Å²) in [7, 11) is 0. The molecule has 6 heteroatoms. The van der Waals surface area contributed by atoms with Crippen LogP contribution in [0, 0.1) is 0 Å². The number of nitrogens with zero attached hydrogens (tertiary/aromatic N) is 3. The van der Waals surface area contributed by atoms with Crippen LogP contribution in [0.25, 0.3) is 0 Å². The first kappa shape index (κ1) is 15.2. The van der Waals surface area contributed by atoms with Crippen LogP contribution >= 0.6 is 11.6 Å². The lowest BCUT2D eigenvalue weighted by molar-refractivity contribution is 0.0612. The van der Waals surface area contributed by atoms with Crippen molar-refractivity contribution in [2.45, 2.75) is 51.6 Å². The summed E-state index contributed by atoms with van der Waals surface area (Å²) in [6.07, 6.45) is 3.14. The normalized spacial score (nSPS) is 23.2. The van der Waals surface area contributed by atoms with Crippen LogP contribution in [-0.2, 0) is 0 Å². The van der Waals surface area contributed by atoms with E-state index in [1.165, 1.54) is 6.20 Å². The lowest BCUT2D eigenvalue weighted by Crippen LogP contribution is -2.48. The van der Waals surface area contributed by atoms with Crippen LogP contribution in [0.5, 0.6) is 0 Å². The molecule has 1 aliphatic heterocycles. The van der Waals surface area contributed by atoms with Crippen molar-refractivity contribution in [1.82, 2.24) is 14.9 Å². The lowest BCUT2D eigenvalue weighted by atomic mass is 9.99. The van der Waals surface area contributed by atoms with Crippen LogP contribution in [0.15, 0.2) is 6.20 Å². The molecule has 5 nitrogen and oxygen atoms in total. The molecule has 2 rings (SSSR count). The molecule has 0 spiro atoms. The van der Waals surface area contributed by atoms with Gasteiger partial charge in [-0.05, 0) is 19.8 Å². The number of rotatable bonds is 2. The number of carbonyl (C=O) groups is 1. The first-order chi connectivity index (χ1) is 9.40.